The molecule has 0 atom stereocenters. The fourth-order valence-electron chi connectivity index (χ4n) is 3.08. The van der Waals surface area contributed by atoms with Crippen LogP contribution in [0.5, 0.6) is 5.75 Å². The zero-order valence-corrected chi connectivity index (χ0v) is 16.8. The zero-order valence-electron chi connectivity index (χ0n) is 16.8. The largest absolute Gasteiger partial charge is 0.491 e. The monoisotopic (exact) mass is 398 g/mol. The van der Waals surface area contributed by atoms with Crippen molar-refractivity contribution in [3.8, 4) is 5.75 Å². The van der Waals surface area contributed by atoms with E-state index in [0.717, 1.165) is 28.0 Å². The minimum Gasteiger partial charge on any atom is -0.491 e. The lowest BCUT2D eigenvalue weighted by molar-refractivity contribution is 0.102. The molecule has 0 aliphatic rings. The number of fused-ring (bicyclic) bond motifs is 1. The second-order valence-electron chi connectivity index (χ2n) is 7.08. The van der Waals surface area contributed by atoms with Crippen molar-refractivity contribution in [1.29, 1.82) is 0 Å². The Morgan fingerprint density at radius 2 is 1.70 bits per heavy atom. The fourth-order valence-corrected chi connectivity index (χ4v) is 3.08. The molecule has 4 aromatic rings. The van der Waals surface area contributed by atoms with E-state index in [1.807, 2.05) is 62.4 Å². The van der Waals surface area contributed by atoms with Crippen LogP contribution >= 0.6 is 0 Å². The summed E-state index contributed by atoms with van der Waals surface area (Å²) < 4.78 is 5.62. The molecule has 4 rings (SSSR count). The second-order valence-corrected chi connectivity index (χ2v) is 7.08. The van der Waals surface area contributed by atoms with E-state index in [4.69, 9.17) is 4.74 Å². The number of nitrogens with one attached hydrogen (secondary N) is 2. The lowest BCUT2D eigenvalue weighted by atomic mass is 10.2. The number of hydrogen-bond acceptors (Lipinski definition) is 5. The zero-order chi connectivity index (χ0) is 20.9. The Labute approximate surface area is 175 Å². The Bertz CT molecular complexity index is 1170. The Hall–Kier alpha value is -3.93. The minimum absolute atomic E-state index is 0.0989. The van der Waals surface area contributed by atoms with E-state index in [0.29, 0.717) is 11.4 Å². The van der Waals surface area contributed by atoms with Gasteiger partial charge in [-0.3, -0.25) is 14.8 Å². The first-order valence-corrected chi connectivity index (χ1v) is 9.73. The van der Waals surface area contributed by atoms with E-state index < -0.39 is 0 Å². The molecule has 0 saturated heterocycles. The molecule has 2 aromatic carbocycles. The second kappa shape index (κ2) is 8.61. The quantitative estimate of drug-likeness (QED) is 0.454. The van der Waals surface area contributed by atoms with Gasteiger partial charge in [-0.2, -0.15) is 0 Å². The summed E-state index contributed by atoms with van der Waals surface area (Å²) in [6.45, 7) is 3.94. The maximum absolute atomic E-state index is 12.6. The van der Waals surface area contributed by atoms with Gasteiger partial charge in [-0.25, -0.2) is 0 Å². The molecular formula is C24H22N4O2. The van der Waals surface area contributed by atoms with E-state index in [1.54, 1.807) is 30.6 Å². The molecule has 2 N–H and O–H groups in total. The summed E-state index contributed by atoms with van der Waals surface area (Å²) >= 11 is 0. The Kier molecular flexibility index (Phi) is 5.57. The van der Waals surface area contributed by atoms with Crippen LogP contribution in [0, 0.1) is 0 Å². The van der Waals surface area contributed by atoms with E-state index in [2.05, 4.69) is 20.6 Å². The molecule has 0 saturated carbocycles. The number of carbonyl (C=O) groups is 1. The number of pyridine rings is 2. The summed E-state index contributed by atoms with van der Waals surface area (Å²) in [4.78, 5) is 21.3. The van der Waals surface area contributed by atoms with Gasteiger partial charge in [0.05, 0.1) is 17.3 Å². The van der Waals surface area contributed by atoms with E-state index in [1.165, 1.54) is 0 Å². The number of ether oxygens (including phenoxy) is 1. The molecule has 1 amide bonds. The molecule has 150 valence electrons. The first-order chi connectivity index (χ1) is 14.6. The number of rotatable bonds is 6. The van der Waals surface area contributed by atoms with Crippen LogP contribution in [0.15, 0.2) is 79.1 Å². The number of carbonyl (C=O) groups excluding carboxylic acids is 1. The van der Waals surface area contributed by atoms with Gasteiger partial charge >= 0.3 is 0 Å². The van der Waals surface area contributed by atoms with Crippen molar-refractivity contribution < 1.29 is 9.53 Å². The van der Waals surface area contributed by atoms with Gasteiger partial charge < -0.3 is 15.4 Å². The first-order valence-electron chi connectivity index (χ1n) is 9.73. The van der Waals surface area contributed by atoms with Gasteiger partial charge in [-0.1, -0.05) is 18.2 Å². The lowest BCUT2D eigenvalue weighted by Gasteiger charge is -2.11. The Morgan fingerprint density at radius 1 is 0.900 bits per heavy atom. The van der Waals surface area contributed by atoms with Crippen LogP contribution in [0.1, 0.15) is 24.3 Å². The maximum Gasteiger partial charge on any atom is 0.274 e. The van der Waals surface area contributed by atoms with Crippen LogP contribution in [0.25, 0.3) is 10.9 Å². The van der Waals surface area contributed by atoms with Gasteiger partial charge in [0.2, 0.25) is 0 Å². The molecule has 6 nitrogen and oxygen atoms in total. The molecule has 2 heterocycles. The van der Waals surface area contributed by atoms with Crippen molar-refractivity contribution in [3.05, 3.63) is 84.8 Å². The van der Waals surface area contributed by atoms with Gasteiger partial charge in [-0.05, 0) is 62.4 Å². The Morgan fingerprint density at radius 3 is 2.50 bits per heavy atom. The third kappa shape index (κ3) is 4.55. The van der Waals surface area contributed by atoms with Crippen molar-refractivity contribution >= 4 is 33.9 Å². The summed E-state index contributed by atoms with van der Waals surface area (Å²) in [5.74, 6) is 0.475. The molecule has 0 unspecified atom stereocenters. The molecule has 0 aliphatic carbocycles. The van der Waals surface area contributed by atoms with Gasteiger partial charge in [-0.15, -0.1) is 0 Å². The topological polar surface area (TPSA) is 76.1 Å². The maximum atomic E-state index is 12.6. The summed E-state index contributed by atoms with van der Waals surface area (Å²) in [6, 6.07) is 20.6. The highest BCUT2D eigenvalue weighted by Gasteiger charge is 2.10. The average molecular weight is 398 g/mol. The highest BCUT2D eigenvalue weighted by molar-refractivity contribution is 6.03. The van der Waals surface area contributed by atoms with Crippen LogP contribution in [-0.4, -0.2) is 22.0 Å². The molecule has 30 heavy (non-hydrogen) atoms. The molecule has 0 radical (unpaired) electrons. The van der Waals surface area contributed by atoms with E-state index >= 15 is 0 Å². The van der Waals surface area contributed by atoms with E-state index in [9.17, 15) is 4.79 Å². The third-order valence-corrected chi connectivity index (χ3v) is 4.39. The summed E-state index contributed by atoms with van der Waals surface area (Å²) in [7, 11) is 0. The number of aromatic nitrogens is 2. The Balaban J connectivity index is 1.49. The van der Waals surface area contributed by atoms with Crippen molar-refractivity contribution in [2.45, 2.75) is 20.0 Å². The smallest absolute Gasteiger partial charge is 0.274 e. The number of benzene rings is 2. The predicted molar refractivity (Wildman–Crippen MR) is 119 cm³/mol. The van der Waals surface area contributed by atoms with Crippen LogP contribution in [0.3, 0.4) is 0 Å². The fraction of sp³-hybridized carbons (Fsp3) is 0.125. The van der Waals surface area contributed by atoms with Gasteiger partial charge in [0, 0.05) is 29.2 Å². The lowest BCUT2D eigenvalue weighted by Crippen LogP contribution is -2.14. The van der Waals surface area contributed by atoms with Crippen molar-refractivity contribution in [3.63, 3.8) is 0 Å². The number of hydrogen-bond donors (Lipinski definition) is 2. The molecule has 2 aromatic heterocycles. The molecular weight excluding hydrogens is 376 g/mol. The van der Waals surface area contributed by atoms with Crippen molar-refractivity contribution in [2.75, 3.05) is 10.6 Å². The van der Waals surface area contributed by atoms with Crippen LogP contribution < -0.4 is 15.4 Å². The number of anilines is 3. The number of para-hydroxylation sites is 1. The number of amides is 1. The average Bonchev–Trinajstić information content (AvgIpc) is 2.75. The molecule has 0 fully saturated rings. The SMILES string of the molecule is CC(C)Oc1ccc(NC(=O)c2cc(Nc3cccc4cccnc34)ccn2)cc1. The van der Waals surface area contributed by atoms with E-state index in [-0.39, 0.29) is 12.0 Å². The number of nitrogens with zero attached hydrogens (tertiary/aromatic N) is 2. The van der Waals surface area contributed by atoms with Gasteiger partial charge in [0.1, 0.15) is 11.4 Å². The minimum atomic E-state index is -0.285. The van der Waals surface area contributed by atoms with Crippen LogP contribution in [0.2, 0.25) is 0 Å². The highest BCUT2D eigenvalue weighted by atomic mass is 16.5. The summed E-state index contributed by atoms with van der Waals surface area (Å²) in [5, 5.41) is 7.24. The first kappa shape index (κ1) is 19.4. The van der Waals surface area contributed by atoms with Crippen LogP contribution in [-0.2, 0) is 0 Å². The molecule has 0 aliphatic heterocycles. The molecule has 0 spiro atoms. The normalized spacial score (nSPS) is 10.8. The van der Waals surface area contributed by atoms with Crippen molar-refractivity contribution in [2.24, 2.45) is 0 Å². The van der Waals surface area contributed by atoms with Gasteiger partial charge in [0.25, 0.3) is 5.91 Å². The third-order valence-electron chi connectivity index (χ3n) is 4.39. The van der Waals surface area contributed by atoms with Gasteiger partial charge in [0.15, 0.2) is 0 Å². The summed E-state index contributed by atoms with van der Waals surface area (Å²) in [5.41, 5.74) is 3.48. The van der Waals surface area contributed by atoms with Crippen LogP contribution in [0.4, 0.5) is 17.1 Å². The molecule has 6 heteroatoms. The predicted octanol–water partition coefficient (Wildman–Crippen LogP) is 5.41. The molecule has 0 bridgehead atoms. The summed E-state index contributed by atoms with van der Waals surface area (Å²) in [6.07, 6.45) is 3.47. The van der Waals surface area contributed by atoms with Crippen molar-refractivity contribution in [1.82, 2.24) is 9.97 Å². The highest BCUT2D eigenvalue weighted by Crippen LogP contribution is 2.25. The standard InChI is InChI=1S/C24H22N4O2/c1-16(2)30-20-10-8-18(9-11-20)28-24(29)22-15-19(12-14-25-22)27-21-7-3-5-17-6-4-13-26-23(17)21/h3-16H,1-2H3,(H,25,27)(H,28,29).